The van der Waals surface area contributed by atoms with E-state index in [1.165, 1.54) is 16.5 Å². The third-order valence-electron chi connectivity index (χ3n) is 7.06. The predicted molar refractivity (Wildman–Crippen MR) is 150 cm³/mol. The van der Waals surface area contributed by atoms with E-state index in [1.807, 2.05) is 36.4 Å². The van der Waals surface area contributed by atoms with Gasteiger partial charge in [-0.2, -0.15) is 0 Å². The number of hydrogen-bond donors (Lipinski definition) is 2. The Morgan fingerprint density at radius 3 is 2.29 bits per heavy atom. The van der Waals surface area contributed by atoms with Crippen molar-refractivity contribution in [3.05, 3.63) is 94.0 Å². The van der Waals surface area contributed by atoms with Crippen LogP contribution in [0.15, 0.2) is 72.8 Å². The van der Waals surface area contributed by atoms with E-state index in [1.54, 1.807) is 0 Å². The summed E-state index contributed by atoms with van der Waals surface area (Å²) in [5.41, 5.74) is 5.31. The summed E-state index contributed by atoms with van der Waals surface area (Å²) in [6.45, 7) is 2.90. The lowest BCUT2D eigenvalue weighted by Crippen LogP contribution is -2.45. The molecule has 0 radical (unpaired) electrons. The van der Waals surface area contributed by atoms with Crippen LogP contribution in [-0.4, -0.2) is 40.2 Å². The van der Waals surface area contributed by atoms with E-state index >= 15 is 0 Å². The van der Waals surface area contributed by atoms with E-state index in [0.717, 1.165) is 78.6 Å². The first-order valence-electron chi connectivity index (χ1n) is 12.0. The van der Waals surface area contributed by atoms with E-state index in [-0.39, 0.29) is 12.4 Å². The maximum absolute atomic E-state index is 11.1. The lowest BCUT2D eigenvalue weighted by molar-refractivity contribution is -0.0207. The number of rotatable bonds is 7. The van der Waals surface area contributed by atoms with Crippen molar-refractivity contribution in [2.24, 2.45) is 0 Å². The smallest absolute Gasteiger partial charge is 0.0712 e. The SMILES string of the molecule is Cl.OC1(Cc2ccccc2)CCN(CCCc2c(-c3ccc(Cl)cc3)[nH]c3ccc(Cl)cc23)CC1. The molecule has 0 spiro atoms. The highest BCUT2D eigenvalue weighted by molar-refractivity contribution is 6.31. The number of fused-ring (bicyclic) bond motifs is 1. The second-order valence-electron chi connectivity index (χ2n) is 9.51. The molecule has 2 N–H and O–H groups in total. The minimum absolute atomic E-state index is 0. The Balaban J connectivity index is 0.00000289. The van der Waals surface area contributed by atoms with Gasteiger partial charge < -0.3 is 15.0 Å². The molecule has 1 saturated heterocycles. The van der Waals surface area contributed by atoms with E-state index in [4.69, 9.17) is 23.2 Å². The Hall–Kier alpha value is -2.01. The fourth-order valence-electron chi connectivity index (χ4n) is 5.17. The van der Waals surface area contributed by atoms with Crippen molar-refractivity contribution in [3.8, 4) is 11.3 Å². The first-order chi connectivity index (χ1) is 16.5. The molecule has 184 valence electrons. The average molecular weight is 530 g/mol. The van der Waals surface area contributed by atoms with Crippen molar-refractivity contribution in [2.45, 2.75) is 37.7 Å². The van der Waals surface area contributed by atoms with Crippen LogP contribution in [0.25, 0.3) is 22.2 Å². The lowest BCUT2D eigenvalue weighted by atomic mass is 9.85. The first-order valence-corrected chi connectivity index (χ1v) is 12.8. The van der Waals surface area contributed by atoms with Gasteiger partial charge >= 0.3 is 0 Å². The van der Waals surface area contributed by atoms with Crippen LogP contribution in [0.2, 0.25) is 10.0 Å². The van der Waals surface area contributed by atoms with E-state index in [2.05, 4.69) is 46.3 Å². The number of aryl methyl sites for hydroxylation is 1. The van der Waals surface area contributed by atoms with Crippen LogP contribution < -0.4 is 0 Å². The number of H-pyrrole nitrogens is 1. The quantitative estimate of drug-likeness (QED) is 0.259. The molecule has 35 heavy (non-hydrogen) atoms. The van der Waals surface area contributed by atoms with Gasteiger partial charge in [-0.1, -0.05) is 65.7 Å². The van der Waals surface area contributed by atoms with Crippen molar-refractivity contribution in [1.82, 2.24) is 9.88 Å². The molecule has 4 aromatic rings. The van der Waals surface area contributed by atoms with Crippen LogP contribution in [-0.2, 0) is 12.8 Å². The third kappa shape index (κ3) is 6.22. The standard InChI is InChI=1S/C29H30Cl2N2O.ClH/c30-23-10-8-22(9-11-23)28-25(26-19-24(31)12-13-27(26)32-28)7-4-16-33-17-14-29(34,15-18-33)20-21-5-2-1-3-6-21;/h1-3,5-6,8-13,19,32,34H,4,7,14-18,20H2;1H. The zero-order valence-corrected chi connectivity index (χ0v) is 22.0. The van der Waals surface area contributed by atoms with Gasteiger partial charge in [0.15, 0.2) is 0 Å². The molecule has 2 heterocycles. The molecule has 6 heteroatoms. The van der Waals surface area contributed by atoms with E-state index in [9.17, 15) is 5.11 Å². The summed E-state index contributed by atoms with van der Waals surface area (Å²) in [5, 5.41) is 13.8. The molecular weight excluding hydrogens is 499 g/mol. The minimum Gasteiger partial charge on any atom is -0.389 e. The Bertz CT molecular complexity index is 1250. The monoisotopic (exact) mass is 528 g/mol. The van der Waals surface area contributed by atoms with Crippen LogP contribution in [0, 0.1) is 0 Å². The highest BCUT2D eigenvalue weighted by atomic mass is 35.5. The minimum atomic E-state index is -0.590. The number of aromatic amines is 1. The van der Waals surface area contributed by atoms with Gasteiger partial charge in [0.25, 0.3) is 0 Å². The molecule has 0 atom stereocenters. The normalized spacial score (nSPS) is 15.7. The van der Waals surface area contributed by atoms with Gasteiger partial charge in [0.2, 0.25) is 0 Å². The second-order valence-corrected chi connectivity index (χ2v) is 10.4. The summed E-state index contributed by atoms with van der Waals surface area (Å²) in [6.07, 6.45) is 4.39. The summed E-state index contributed by atoms with van der Waals surface area (Å²) in [6, 6.07) is 24.4. The highest BCUT2D eigenvalue weighted by Gasteiger charge is 2.32. The fraction of sp³-hybridized carbons (Fsp3) is 0.310. The van der Waals surface area contributed by atoms with Gasteiger partial charge in [-0.05, 0) is 79.3 Å². The fourth-order valence-corrected chi connectivity index (χ4v) is 5.47. The Morgan fingerprint density at radius 2 is 1.57 bits per heavy atom. The molecule has 0 unspecified atom stereocenters. The molecule has 1 aromatic heterocycles. The number of nitrogens with one attached hydrogen (secondary N) is 1. The molecule has 3 nitrogen and oxygen atoms in total. The zero-order valence-electron chi connectivity index (χ0n) is 19.6. The maximum Gasteiger partial charge on any atom is 0.0712 e. The molecule has 1 fully saturated rings. The topological polar surface area (TPSA) is 39.3 Å². The summed E-state index contributed by atoms with van der Waals surface area (Å²) < 4.78 is 0. The maximum atomic E-state index is 11.1. The molecule has 0 amide bonds. The highest BCUT2D eigenvalue weighted by Crippen LogP contribution is 2.34. The molecule has 0 saturated carbocycles. The number of aromatic nitrogens is 1. The van der Waals surface area contributed by atoms with Crippen LogP contribution >= 0.6 is 35.6 Å². The Morgan fingerprint density at radius 1 is 0.886 bits per heavy atom. The van der Waals surface area contributed by atoms with Gasteiger partial charge in [-0.15, -0.1) is 12.4 Å². The van der Waals surface area contributed by atoms with Gasteiger partial charge in [-0.3, -0.25) is 0 Å². The van der Waals surface area contributed by atoms with Crippen LogP contribution in [0.5, 0.6) is 0 Å². The lowest BCUT2D eigenvalue weighted by Gasteiger charge is -2.38. The molecular formula is C29H31Cl3N2O. The summed E-state index contributed by atoms with van der Waals surface area (Å²) >= 11 is 12.5. The van der Waals surface area contributed by atoms with Crippen molar-refractivity contribution in [2.75, 3.05) is 19.6 Å². The number of aliphatic hydroxyl groups is 1. The van der Waals surface area contributed by atoms with Crippen LogP contribution in [0.1, 0.15) is 30.4 Å². The average Bonchev–Trinajstić information content (AvgIpc) is 3.19. The molecule has 1 aliphatic heterocycles. The van der Waals surface area contributed by atoms with Gasteiger partial charge in [0.1, 0.15) is 0 Å². The Kier molecular flexibility index (Phi) is 8.46. The van der Waals surface area contributed by atoms with Gasteiger partial charge in [-0.25, -0.2) is 0 Å². The number of piperidine rings is 1. The Labute approximate surface area is 223 Å². The number of benzene rings is 3. The molecule has 1 aliphatic rings. The summed E-state index contributed by atoms with van der Waals surface area (Å²) in [5.74, 6) is 0. The second kappa shape index (κ2) is 11.4. The van der Waals surface area contributed by atoms with Crippen LogP contribution in [0.4, 0.5) is 0 Å². The van der Waals surface area contributed by atoms with Crippen molar-refractivity contribution in [1.29, 1.82) is 0 Å². The molecule has 0 aliphatic carbocycles. The molecule has 0 bridgehead atoms. The summed E-state index contributed by atoms with van der Waals surface area (Å²) in [4.78, 5) is 6.09. The van der Waals surface area contributed by atoms with Gasteiger partial charge in [0, 0.05) is 46.2 Å². The van der Waals surface area contributed by atoms with Gasteiger partial charge in [0.05, 0.1) is 5.60 Å². The number of likely N-dealkylation sites (tertiary alicyclic amines) is 1. The van der Waals surface area contributed by atoms with Crippen LogP contribution in [0.3, 0.4) is 0 Å². The van der Waals surface area contributed by atoms with E-state index in [0.29, 0.717) is 0 Å². The summed E-state index contributed by atoms with van der Waals surface area (Å²) in [7, 11) is 0. The zero-order chi connectivity index (χ0) is 23.5. The van der Waals surface area contributed by atoms with Crippen molar-refractivity contribution < 1.29 is 5.11 Å². The van der Waals surface area contributed by atoms with E-state index < -0.39 is 5.60 Å². The molecule has 5 rings (SSSR count). The van der Waals surface area contributed by atoms with Crippen molar-refractivity contribution >= 4 is 46.5 Å². The number of halogens is 3. The molecule has 3 aromatic carbocycles. The number of hydrogen-bond acceptors (Lipinski definition) is 2. The largest absolute Gasteiger partial charge is 0.389 e. The number of nitrogens with zero attached hydrogens (tertiary/aromatic N) is 1. The predicted octanol–water partition coefficient (Wildman–Crippen LogP) is 7.57. The van der Waals surface area contributed by atoms with Crippen molar-refractivity contribution in [3.63, 3.8) is 0 Å². The first kappa shape index (κ1) is 26.1. The third-order valence-corrected chi connectivity index (χ3v) is 7.55.